The molecule has 0 unspecified atom stereocenters. The van der Waals surface area contributed by atoms with Gasteiger partial charge >= 0.3 is 0 Å². The van der Waals surface area contributed by atoms with Crippen molar-refractivity contribution >= 4 is 27.5 Å². The van der Waals surface area contributed by atoms with E-state index >= 15 is 0 Å². The van der Waals surface area contributed by atoms with Crippen LogP contribution in [0, 0.1) is 13.8 Å². The number of benzene rings is 1. The van der Waals surface area contributed by atoms with Gasteiger partial charge in [-0.1, -0.05) is 29.4 Å². The average Bonchev–Trinajstić information content (AvgIpc) is 3.39. The third-order valence-electron chi connectivity index (χ3n) is 5.08. The number of nitrogens with zero attached hydrogens (tertiary/aromatic N) is 4. The summed E-state index contributed by atoms with van der Waals surface area (Å²) >= 11 is 1.32. The van der Waals surface area contributed by atoms with Crippen molar-refractivity contribution in [3.8, 4) is 22.2 Å². The fourth-order valence-electron chi connectivity index (χ4n) is 3.38. The van der Waals surface area contributed by atoms with E-state index in [1.807, 2.05) is 38.1 Å². The quantitative estimate of drug-likeness (QED) is 0.408. The zero-order valence-electron chi connectivity index (χ0n) is 18.0. The van der Waals surface area contributed by atoms with Gasteiger partial charge in [0.2, 0.25) is 11.7 Å². The number of amides is 1. The Labute approximate surface area is 188 Å². The van der Waals surface area contributed by atoms with Crippen LogP contribution in [0.5, 0.6) is 0 Å². The van der Waals surface area contributed by atoms with E-state index in [1.54, 1.807) is 7.11 Å². The number of carbonyl (C=O) groups excluding carboxylic acids is 1. The van der Waals surface area contributed by atoms with Crippen LogP contribution in [0.3, 0.4) is 0 Å². The van der Waals surface area contributed by atoms with Gasteiger partial charge < -0.3 is 14.6 Å². The lowest BCUT2D eigenvalue weighted by Crippen LogP contribution is -2.33. The van der Waals surface area contributed by atoms with E-state index < -0.39 is 0 Å². The van der Waals surface area contributed by atoms with Crippen LogP contribution in [0.4, 0.5) is 0 Å². The molecule has 166 valence electrons. The number of hydrogen-bond donors (Lipinski definition) is 1. The normalized spacial score (nSPS) is 11.2. The zero-order valence-corrected chi connectivity index (χ0v) is 18.9. The Hall–Kier alpha value is -3.37. The van der Waals surface area contributed by atoms with Gasteiger partial charge in [0, 0.05) is 25.8 Å². The number of rotatable bonds is 8. The van der Waals surface area contributed by atoms with Gasteiger partial charge in [-0.15, -0.1) is 11.3 Å². The van der Waals surface area contributed by atoms with E-state index in [2.05, 4.69) is 20.4 Å². The number of fused-ring (bicyclic) bond motifs is 1. The van der Waals surface area contributed by atoms with E-state index in [0.29, 0.717) is 51.9 Å². The number of aromatic nitrogens is 4. The van der Waals surface area contributed by atoms with Gasteiger partial charge in [0.15, 0.2) is 0 Å². The van der Waals surface area contributed by atoms with Crippen molar-refractivity contribution in [2.24, 2.45) is 0 Å². The molecule has 0 saturated heterocycles. The van der Waals surface area contributed by atoms with Crippen molar-refractivity contribution < 1.29 is 14.1 Å². The maximum absolute atomic E-state index is 13.0. The van der Waals surface area contributed by atoms with Crippen molar-refractivity contribution in [1.29, 1.82) is 0 Å². The molecule has 4 aromatic rings. The summed E-state index contributed by atoms with van der Waals surface area (Å²) in [5.74, 6) is 0.577. The zero-order chi connectivity index (χ0) is 22.7. The van der Waals surface area contributed by atoms with Crippen LogP contribution in [-0.2, 0) is 16.1 Å². The number of aryl methyl sites for hydroxylation is 2. The Kier molecular flexibility index (Phi) is 6.42. The molecule has 4 rings (SSSR count). The third-order valence-corrected chi connectivity index (χ3v) is 6.27. The molecule has 0 spiro atoms. The van der Waals surface area contributed by atoms with E-state index in [-0.39, 0.29) is 18.0 Å². The number of hydrogen-bond acceptors (Lipinski definition) is 8. The van der Waals surface area contributed by atoms with Gasteiger partial charge in [0.25, 0.3) is 11.4 Å². The molecule has 0 aliphatic heterocycles. The smallest absolute Gasteiger partial charge is 0.268 e. The molecule has 0 fully saturated rings. The first-order valence-corrected chi connectivity index (χ1v) is 11.0. The number of carbonyl (C=O) groups is 1. The summed E-state index contributed by atoms with van der Waals surface area (Å²) in [6.45, 7) is 4.75. The molecule has 0 saturated carbocycles. The molecule has 9 nitrogen and oxygen atoms in total. The lowest BCUT2D eigenvalue weighted by molar-refractivity contribution is -0.121. The fourth-order valence-corrected chi connectivity index (χ4v) is 4.44. The first kappa shape index (κ1) is 21.8. The SMILES string of the molecule is COCCCNC(=O)Cn1cnc2sc(-c3nc(-c4ccccc4C)no3)c(C)c2c1=O. The predicted octanol–water partition coefficient (Wildman–Crippen LogP) is 2.94. The Morgan fingerprint density at radius 1 is 1.28 bits per heavy atom. The van der Waals surface area contributed by atoms with Gasteiger partial charge in [0.05, 0.1) is 16.6 Å². The van der Waals surface area contributed by atoms with Crippen LogP contribution in [0.2, 0.25) is 0 Å². The minimum absolute atomic E-state index is 0.0998. The Morgan fingerprint density at radius 2 is 2.09 bits per heavy atom. The highest BCUT2D eigenvalue weighted by Gasteiger charge is 2.21. The standard InChI is InChI=1S/C22H23N5O4S/c1-13-7-4-5-8-15(13)19-25-20(31-26-19)18-14(2)17-21(32-18)24-12-27(22(17)29)11-16(28)23-9-6-10-30-3/h4-5,7-8,12H,6,9-11H2,1-3H3,(H,23,28). The van der Waals surface area contributed by atoms with Crippen molar-refractivity contribution in [1.82, 2.24) is 25.0 Å². The third kappa shape index (κ3) is 4.32. The van der Waals surface area contributed by atoms with Crippen LogP contribution in [0.25, 0.3) is 32.4 Å². The van der Waals surface area contributed by atoms with Gasteiger partial charge in [0.1, 0.15) is 11.4 Å². The largest absolute Gasteiger partial charge is 0.385 e. The second-order valence-electron chi connectivity index (χ2n) is 7.35. The molecule has 0 aliphatic rings. The summed E-state index contributed by atoms with van der Waals surface area (Å²) in [5, 5.41) is 7.34. The average molecular weight is 454 g/mol. The number of nitrogens with one attached hydrogen (secondary N) is 1. The lowest BCUT2D eigenvalue weighted by Gasteiger charge is -2.07. The van der Waals surface area contributed by atoms with Gasteiger partial charge in [-0.25, -0.2) is 4.98 Å². The summed E-state index contributed by atoms with van der Waals surface area (Å²) in [5.41, 5.74) is 2.36. The minimum atomic E-state index is -0.277. The van der Waals surface area contributed by atoms with Gasteiger partial charge in [-0.2, -0.15) is 4.98 Å². The van der Waals surface area contributed by atoms with Crippen LogP contribution >= 0.6 is 11.3 Å². The summed E-state index contributed by atoms with van der Waals surface area (Å²) in [7, 11) is 1.61. The van der Waals surface area contributed by atoms with Crippen LogP contribution in [0.1, 0.15) is 17.5 Å². The molecular weight excluding hydrogens is 430 g/mol. The molecule has 32 heavy (non-hydrogen) atoms. The highest BCUT2D eigenvalue weighted by atomic mass is 32.1. The number of methoxy groups -OCH3 is 1. The number of thiophene rings is 1. The molecule has 1 aromatic carbocycles. The van der Waals surface area contributed by atoms with Gasteiger partial charge in [-0.3, -0.25) is 14.2 Å². The van der Waals surface area contributed by atoms with Crippen molar-refractivity contribution in [3.05, 3.63) is 52.1 Å². The Morgan fingerprint density at radius 3 is 2.88 bits per heavy atom. The highest BCUT2D eigenvalue weighted by molar-refractivity contribution is 7.22. The molecule has 3 aromatic heterocycles. The van der Waals surface area contributed by atoms with E-state index in [1.165, 1.54) is 22.2 Å². The summed E-state index contributed by atoms with van der Waals surface area (Å²) in [6.07, 6.45) is 2.10. The molecule has 0 radical (unpaired) electrons. The van der Waals surface area contributed by atoms with Crippen LogP contribution in [0.15, 0.2) is 39.9 Å². The molecule has 3 heterocycles. The maximum atomic E-state index is 13.0. The van der Waals surface area contributed by atoms with Crippen LogP contribution < -0.4 is 10.9 Å². The molecule has 10 heteroatoms. The van der Waals surface area contributed by atoms with E-state index in [0.717, 1.165) is 11.1 Å². The molecule has 0 bridgehead atoms. The summed E-state index contributed by atoms with van der Waals surface area (Å²) in [6, 6.07) is 7.79. The van der Waals surface area contributed by atoms with Gasteiger partial charge in [-0.05, 0) is 31.4 Å². The van der Waals surface area contributed by atoms with Crippen molar-refractivity contribution in [3.63, 3.8) is 0 Å². The van der Waals surface area contributed by atoms with Crippen molar-refractivity contribution in [2.45, 2.75) is 26.8 Å². The Balaban J connectivity index is 1.61. The second-order valence-corrected chi connectivity index (χ2v) is 8.35. The fraction of sp³-hybridized carbons (Fsp3) is 0.318. The summed E-state index contributed by atoms with van der Waals surface area (Å²) < 4.78 is 11.8. The molecule has 1 amide bonds. The predicted molar refractivity (Wildman–Crippen MR) is 122 cm³/mol. The monoisotopic (exact) mass is 453 g/mol. The molecular formula is C22H23N5O4S. The highest BCUT2D eigenvalue weighted by Crippen LogP contribution is 2.35. The number of ether oxygens (including phenoxy) is 1. The molecule has 0 aliphatic carbocycles. The minimum Gasteiger partial charge on any atom is -0.385 e. The molecule has 0 atom stereocenters. The first-order chi connectivity index (χ1) is 15.5. The molecule has 1 N–H and O–H groups in total. The summed E-state index contributed by atoms with van der Waals surface area (Å²) in [4.78, 5) is 35.4. The van der Waals surface area contributed by atoms with Crippen molar-refractivity contribution in [2.75, 3.05) is 20.3 Å². The van der Waals surface area contributed by atoms with Crippen LogP contribution in [-0.4, -0.2) is 45.9 Å². The lowest BCUT2D eigenvalue weighted by atomic mass is 10.1. The second kappa shape index (κ2) is 9.41. The Bertz CT molecular complexity index is 1320. The topological polar surface area (TPSA) is 112 Å². The maximum Gasteiger partial charge on any atom is 0.268 e. The van der Waals surface area contributed by atoms with E-state index in [4.69, 9.17) is 9.26 Å². The first-order valence-electron chi connectivity index (χ1n) is 10.1. The van der Waals surface area contributed by atoms with E-state index in [9.17, 15) is 9.59 Å².